The third-order valence-electron chi connectivity index (χ3n) is 1.96. The predicted molar refractivity (Wildman–Crippen MR) is 60.1 cm³/mol. The molecule has 0 fully saturated rings. The fourth-order valence-corrected chi connectivity index (χ4v) is 1.91. The Bertz CT molecular complexity index is 584. The molecule has 0 amide bonds. The Labute approximate surface area is 91.8 Å². The lowest BCUT2D eigenvalue weighted by Crippen LogP contribution is -2.31. The van der Waals surface area contributed by atoms with E-state index >= 15 is 0 Å². The molecule has 1 heterocycles. The Hall–Kier alpha value is -1.57. The highest BCUT2D eigenvalue weighted by molar-refractivity contribution is 7.90. The first-order valence-electron chi connectivity index (χ1n) is 4.57. The Morgan fingerprint density at radius 2 is 2.06 bits per heavy atom. The van der Waals surface area contributed by atoms with Gasteiger partial charge in [-0.1, -0.05) is 0 Å². The van der Waals surface area contributed by atoms with E-state index in [1.54, 1.807) is 0 Å². The van der Waals surface area contributed by atoms with Gasteiger partial charge in [0.15, 0.2) is 0 Å². The summed E-state index contributed by atoms with van der Waals surface area (Å²) in [7, 11) is -3.06. The van der Waals surface area contributed by atoms with E-state index in [2.05, 4.69) is 0 Å². The first-order chi connectivity index (χ1) is 7.29. The molecule has 0 aliphatic heterocycles. The van der Waals surface area contributed by atoms with Crippen molar-refractivity contribution < 1.29 is 8.42 Å². The van der Waals surface area contributed by atoms with Crippen molar-refractivity contribution in [3.63, 3.8) is 0 Å². The molecule has 0 radical (unpaired) electrons. The van der Waals surface area contributed by atoms with Crippen molar-refractivity contribution in [3.05, 3.63) is 26.9 Å². The smallest absolute Gasteiger partial charge is 0.329 e. The summed E-state index contributed by atoms with van der Waals surface area (Å²) in [5.41, 5.74) is 4.27. The van der Waals surface area contributed by atoms with Crippen LogP contribution in [-0.2, 0) is 16.4 Å². The molecule has 7 nitrogen and oxygen atoms in total. The summed E-state index contributed by atoms with van der Waals surface area (Å²) in [4.78, 5) is 24.2. The molecule has 0 bridgehead atoms. The number of anilines is 1. The molecule has 16 heavy (non-hydrogen) atoms. The van der Waals surface area contributed by atoms with Crippen molar-refractivity contribution in [2.24, 2.45) is 0 Å². The lowest BCUT2D eigenvalue weighted by Gasteiger charge is -2.07. The summed E-state index contributed by atoms with van der Waals surface area (Å²) in [6, 6.07) is 1.09. The Kier molecular flexibility index (Phi) is 3.53. The SMILES string of the molecule is CS(=O)(=O)CCCn1c(N)cc(=O)[nH]c1=O. The predicted octanol–water partition coefficient (Wildman–Crippen LogP) is -1.45. The number of nitrogens with zero attached hydrogens (tertiary/aromatic N) is 1. The first kappa shape index (κ1) is 12.5. The third kappa shape index (κ3) is 3.54. The molecular formula is C8H13N3O4S. The molecule has 1 aromatic heterocycles. The topological polar surface area (TPSA) is 115 Å². The van der Waals surface area contributed by atoms with Crippen molar-refractivity contribution in [2.75, 3.05) is 17.7 Å². The van der Waals surface area contributed by atoms with E-state index in [4.69, 9.17) is 5.73 Å². The second-order valence-electron chi connectivity index (χ2n) is 3.50. The van der Waals surface area contributed by atoms with Gasteiger partial charge in [0.1, 0.15) is 15.7 Å². The molecule has 0 aliphatic carbocycles. The summed E-state index contributed by atoms with van der Waals surface area (Å²) in [5.74, 6) is 0.000107. The fourth-order valence-electron chi connectivity index (χ4n) is 1.25. The van der Waals surface area contributed by atoms with Crippen LogP contribution in [0, 0.1) is 0 Å². The van der Waals surface area contributed by atoms with Gasteiger partial charge in [0, 0.05) is 18.9 Å². The lowest BCUT2D eigenvalue weighted by molar-refractivity contribution is 0.587. The molecule has 90 valence electrons. The van der Waals surface area contributed by atoms with E-state index in [0.29, 0.717) is 0 Å². The number of rotatable bonds is 4. The van der Waals surface area contributed by atoms with Crippen LogP contribution in [-0.4, -0.2) is 30.0 Å². The van der Waals surface area contributed by atoms with Gasteiger partial charge in [-0.2, -0.15) is 0 Å². The Morgan fingerprint density at radius 1 is 1.44 bits per heavy atom. The standard InChI is InChI=1S/C8H13N3O4S/c1-16(14,15)4-2-3-11-6(9)5-7(12)10-8(11)13/h5H,2-4,9H2,1H3,(H,10,12,13). The van der Waals surface area contributed by atoms with Crippen LogP contribution in [0.5, 0.6) is 0 Å². The zero-order valence-corrected chi connectivity index (χ0v) is 9.58. The highest BCUT2D eigenvalue weighted by atomic mass is 32.2. The number of aromatic nitrogens is 2. The number of sulfone groups is 1. The maximum atomic E-state index is 11.3. The van der Waals surface area contributed by atoms with Gasteiger partial charge in [0.05, 0.1) is 5.75 Å². The molecule has 0 atom stereocenters. The van der Waals surface area contributed by atoms with E-state index in [9.17, 15) is 18.0 Å². The van der Waals surface area contributed by atoms with Gasteiger partial charge >= 0.3 is 5.69 Å². The van der Waals surface area contributed by atoms with Crippen molar-refractivity contribution in [1.82, 2.24) is 9.55 Å². The van der Waals surface area contributed by atoms with Gasteiger partial charge in [-0.3, -0.25) is 14.3 Å². The number of nitrogens with two attached hydrogens (primary N) is 1. The quantitative estimate of drug-likeness (QED) is 0.675. The van der Waals surface area contributed by atoms with Crippen LogP contribution >= 0.6 is 0 Å². The Morgan fingerprint density at radius 3 is 2.56 bits per heavy atom. The number of nitrogens with one attached hydrogen (secondary N) is 1. The van der Waals surface area contributed by atoms with Gasteiger partial charge in [-0.25, -0.2) is 13.2 Å². The van der Waals surface area contributed by atoms with E-state index in [0.717, 1.165) is 16.9 Å². The fraction of sp³-hybridized carbons (Fsp3) is 0.500. The maximum absolute atomic E-state index is 11.3. The maximum Gasteiger partial charge on any atom is 0.329 e. The molecule has 1 rings (SSSR count). The van der Waals surface area contributed by atoms with Crippen LogP contribution in [0.25, 0.3) is 0 Å². The minimum Gasteiger partial charge on any atom is -0.385 e. The van der Waals surface area contributed by atoms with Gasteiger partial charge in [0.25, 0.3) is 5.56 Å². The second-order valence-corrected chi connectivity index (χ2v) is 5.76. The number of hydrogen-bond donors (Lipinski definition) is 2. The molecule has 0 aliphatic rings. The molecule has 3 N–H and O–H groups in total. The number of hydrogen-bond acceptors (Lipinski definition) is 5. The van der Waals surface area contributed by atoms with E-state index in [1.165, 1.54) is 0 Å². The zero-order valence-electron chi connectivity index (χ0n) is 8.76. The minimum atomic E-state index is -3.06. The van der Waals surface area contributed by atoms with Crippen LogP contribution in [0.4, 0.5) is 5.82 Å². The van der Waals surface area contributed by atoms with Crippen molar-refractivity contribution in [1.29, 1.82) is 0 Å². The van der Waals surface area contributed by atoms with Gasteiger partial charge in [0.2, 0.25) is 0 Å². The van der Waals surface area contributed by atoms with Crippen molar-refractivity contribution in [3.8, 4) is 0 Å². The van der Waals surface area contributed by atoms with Crippen LogP contribution in [0.15, 0.2) is 15.7 Å². The largest absolute Gasteiger partial charge is 0.385 e. The second kappa shape index (κ2) is 4.52. The number of H-pyrrole nitrogens is 1. The average Bonchev–Trinajstić information content (AvgIpc) is 2.07. The van der Waals surface area contributed by atoms with E-state index in [1.807, 2.05) is 4.98 Å². The molecular weight excluding hydrogens is 234 g/mol. The first-order valence-corrected chi connectivity index (χ1v) is 6.63. The third-order valence-corrected chi connectivity index (χ3v) is 2.99. The molecule has 0 aromatic carbocycles. The van der Waals surface area contributed by atoms with Crippen molar-refractivity contribution in [2.45, 2.75) is 13.0 Å². The molecule has 0 saturated carbocycles. The molecule has 0 unspecified atom stereocenters. The van der Waals surface area contributed by atoms with Crippen LogP contribution in [0.1, 0.15) is 6.42 Å². The van der Waals surface area contributed by atoms with Gasteiger partial charge in [-0.15, -0.1) is 0 Å². The molecule has 1 aromatic rings. The van der Waals surface area contributed by atoms with Gasteiger partial charge < -0.3 is 5.73 Å². The van der Waals surface area contributed by atoms with E-state index < -0.39 is 21.1 Å². The van der Waals surface area contributed by atoms with Crippen LogP contribution in [0.3, 0.4) is 0 Å². The summed E-state index contributed by atoms with van der Waals surface area (Å²) < 4.78 is 22.9. The average molecular weight is 247 g/mol. The highest BCUT2D eigenvalue weighted by Crippen LogP contribution is 1.97. The van der Waals surface area contributed by atoms with Crippen LogP contribution < -0.4 is 17.0 Å². The van der Waals surface area contributed by atoms with E-state index in [-0.39, 0.29) is 24.5 Å². The molecule has 0 spiro atoms. The van der Waals surface area contributed by atoms with Crippen LogP contribution in [0.2, 0.25) is 0 Å². The van der Waals surface area contributed by atoms with Crippen molar-refractivity contribution >= 4 is 15.7 Å². The normalized spacial score (nSPS) is 11.6. The summed E-state index contributed by atoms with van der Waals surface area (Å²) in [6.07, 6.45) is 1.39. The highest BCUT2D eigenvalue weighted by Gasteiger charge is 2.05. The monoisotopic (exact) mass is 247 g/mol. The lowest BCUT2D eigenvalue weighted by atomic mass is 10.4. The summed E-state index contributed by atoms with van der Waals surface area (Å²) >= 11 is 0. The van der Waals surface area contributed by atoms with Gasteiger partial charge in [-0.05, 0) is 6.42 Å². The Balaban J connectivity index is 2.83. The minimum absolute atomic E-state index is 0.0298. The summed E-state index contributed by atoms with van der Waals surface area (Å²) in [6.45, 7) is 0.161. The number of aromatic amines is 1. The summed E-state index contributed by atoms with van der Waals surface area (Å²) in [5, 5.41) is 0. The number of nitrogen functional groups attached to an aromatic ring is 1. The molecule has 0 saturated heterocycles. The zero-order chi connectivity index (χ0) is 12.3. The molecule has 8 heteroatoms.